The van der Waals surface area contributed by atoms with Crippen LogP contribution in [0.25, 0.3) is 10.8 Å². The smallest absolute Gasteiger partial charge is 0.274 e. The lowest BCUT2D eigenvalue weighted by Crippen LogP contribution is -2.27. The van der Waals surface area contributed by atoms with Gasteiger partial charge in [0.1, 0.15) is 5.01 Å². The largest absolute Gasteiger partial charge is 0.300 e. The molecule has 2 aromatic heterocycles. The fraction of sp³-hybridized carbons (Fsp3) is 0.476. The van der Waals surface area contributed by atoms with Gasteiger partial charge in [-0.25, -0.2) is 4.68 Å². The number of anilines is 1. The SMILES string of the molecule is CCn1nc([C@H](C)C(=O)Nc2nnc(C3CCCCC3)s2)c2ccccc2c1=O. The summed E-state index contributed by atoms with van der Waals surface area (Å²) < 4.78 is 1.41. The van der Waals surface area contributed by atoms with E-state index in [-0.39, 0.29) is 11.5 Å². The number of nitrogens with zero attached hydrogens (tertiary/aromatic N) is 4. The van der Waals surface area contributed by atoms with E-state index >= 15 is 0 Å². The lowest BCUT2D eigenvalue weighted by molar-refractivity contribution is -0.117. The van der Waals surface area contributed by atoms with E-state index < -0.39 is 5.92 Å². The van der Waals surface area contributed by atoms with Crippen molar-refractivity contribution >= 4 is 33.1 Å². The monoisotopic (exact) mass is 411 g/mol. The minimum Gasteiger partial charge on any atom is -0.300 e. The van der Waals surface area contributed by atoms with Crippen molar-refractivity contribution < 1.29 is 4.79 Å². The van der Waals surface area contributed by atoms with Gasteiger partial charge in [-0.15, -0.1) is 10.2 Å². The van der Waals surface area contributed by atoms with Crippen LogP contribution in [0, 0.1) is 0 Å². The number of amides is 1. The van der Waals surface area contributed by atoms with Gasteiger partial charge in [0.2, 0.25) is 11.0 Å². The molecule has 4 rings (SSSR count). The first-order valence-corrected chi connectivity index (χ1v) is 11.0. The summed E-state index contributed by atoms with van der Waals surface area (Å²) >= 11 is 1.46. The van der Waals surface area contributed by atoms with Crippen molar-refractivity contribution in [2.45, 2.75) is 64.3 Å². The van der Waals surface area contributed by atoms with Gasteiger partial charge in [-0.05, 0) is 32.8 Å². The fourth-order valence-corrected chi connectivity index (χ4v) is 4.85. The van der Waals surface area contributed by atoms with Gasteiger partial charge in [0.05, 0.1) is 17.0 Å². The molecule has 0 unspecified atom stereocenters. The molecule has 0 saturated heterocycles. The minimum atomic E-state index is -0.527. The second-order valence-corrected chi connectivity index (χ2v) is 8.55. The number of hydrogen-bond donors (Lipinski definition) is 1. The van der Waals surface area contributed by atoms with E-state index in [1.807, 2.05) is 25.1 Å². The summed E-state index contributed by atoms with van der Waals surface area (Å²) in [5.41, 5.74) is 0.456. The third-order valence-corrected chi connectivity index (χ3v) is 6.63. The molecule has 1 aliphatic carbocycles. The zero-order valence-electron chi connectivity index (χ0n) is 16.7. The van der Waals surface area contributed by atoms with E-state index in [1.165, 1.54) is 35.3 Å². The molecule has 7 nitrogen and oxygen atoms in total. The molecular formula is C21H25N5O2S. The first kappa shape index (κ1) is 19.7. The molecule has 2 heterocycles. The van der Waals surface area contributed by atoms with Crippen LogP contribution in [0.2, 0.25) is 0 Å². The molecule has 29 heavy (non-hydrogen) atoms. The van der Waals surface area contributed by atoms with E-state index in [4.69, 9.17) is 0 Å². The van der Waals surface area contributed by atoms with Gasteiger partial charge in [0.25, 0.3) is 5.56 Å². The highest BCUT2D eigenvalue weighted by Crippen LogP contribution is 2.35. The van der Waals surface area contributed by atoms with Gasteiger partial charge in [-0.3, -0.25) is 14.9 Å². The van der Waals surface area contributed by atoms with Crippen molar-refractivity contribution in [1.29, 1.82) is 0 Å². The predicted molar refractivity (Wildman–Crippen MR) is 114 cm³/mol. The van der Waals surface area contributed by atoms with Crippen molar-refractivity contribution in [3.8, 4) is 0 Å². The molecule has 1 atom stereocenters. The van der Waals surface area contributed by atoms with E-state index in [0.717, 1.165) is 17.8 Å². The fourth-order valence-electron chi connectivity index (χ4n) is 3.93. The van der Waals surface area contributed by atoms with Crippen LogP contribution in [-0.4, -0.2) is 25.9 Å². The van der Waals surface area contributed by atoms with E-state index in [9.17, 15) is 9.59 Å². The number of fused-ring (bicyclic) bond motifs is 1. The zero-order chi connectivity index (χ0) is 20.4. The molecule has 8 heteroatoms. The maximum atomic E-state index is 12.9. The van der Waals surface area contributed by atoms with Crippen LogP contribution in [0.15, 0.2) is 29.1 Å². The highest BCUT2D eigenvalue weighted by molar-refractivity contribution is 7.15. The number of carbonyl (C=O) groups excluding carboxylic acids is 1. The van der Waals surface area contributed by atoms with Crippen LogP contribution < -0.4 is 10.9 Å². The second kappa shape index (κ2) is 8.41. The highest BCUT2D eigenvalue weighted by Gasteiger charge is 2.24. The van der Waals surface area contributed by atoms with Gasteiger partial charge in [0.15, 0.2) is 0 Å². The highest BCUT2D eigenvalue weighted by atomic mass is 32.1. The first-order chi connectivity index (χ1) is 14.1. The van der Waals surface area contributed by atoms with Crippen LogP contribution in [0.5, 0.6) is 0 Å². The molecule has 0 radical (unpaired) electrons. The van der Waals surface area contributed by atoms with Crippen molar-refractivity contribution in [3.63, 3.8) is 0 Å². The van der Waals surface area contributed by atoms with E-state index in [1.54, 1.807) is 13.0 Å². The van der Waals surface area contributed by atoms with Crippen LogP contribution >= 0.6 is 11.3 Å². The summed E-state index contributed by atoms with van der Waals surface area (Å²) in [7, 11) is 0. The molecule has 152 valence electrons. The quantitative estimate of drug-likeness (QED) is 0.684. The molecule has 1 aliphatic rings. The number of benzene rings is 1. The number of aryl methyl sites for hydroxylation is 1. The lowest BCUT2D eigenvalue weighted by Gasteiger charge is -2.18. The topological polar surface area (TPSA) is 89.8 Å². The minimum absolute atomic E-state index is 0.138. The van der Waals surface area contributed by atoms with E-state index in [2.05, 4.69) is 20.6 Å². The van der Waals surface area contributed by atoms with Crippen LogP contribution in [0.3, 0.4) is 0 Å². The molecule has 1 aromatic carbocycles. The van der Waals surface area contributed by atoms with Crippen LogP contribution in [0.1, 0.15) is 68.5 Å². The molecule has 1 N–H and O–H groups in total. The van der Waals surface area contributed by atoms with E-state index in [0.29, 0.717) is 34.1 Å². The normalized spacial score (nSPS) is 16.1. The molecule has 3 aromatic rings. The Balaban J connectivity index is 1.58. The van der Waals surface area contributed by atoms with Crippen molar-refractivity contribution in [3.05, 3.63) is 45.3 Å². The summed E-state index contributed by atoms with van der Waals surface area (Å²) in [5, 5.41) is 18.7. The summed E-state index contributed by atoms with van der Waals surface area (Å²) in [5.74, 6) is -0.265. The Labute approximate surface area is 173 Å². The number of carbonyl (C=O) groups is 1. The number of rotatable bonds is 5. The van der Waals surface area contributed by atoms with Gasteiger partial charge < -0.3 is 0 Å². The molecule has 1 fully saturated rings. The third kappa shape index (κ3) is 3.94. The summed E-state index contributed by atoms with van der Waals surface area (Å²) in [6, 6.07) is 7.30. The molecule has 1 saturated carbocycles. The molecule has 0 bridgehead atoms. The Morgan fingerprint density at radius 1 is 1.21 bits per heavy atom. The van der Waals surface area contributed by atoms with Gasteiger partial charge in [-0.1, -0.05) is 48.8 Å². The average molecular weight is 412 g/mol. The summed E-state index contributed by atoms with van der Waals surface area (Å²) in [6.45, 7) is 4.12. The summed E-state index contributed by atoms with van der Waals surface area (Å²) in [4.78, 5) is 25.5. The molecule has 1 amide bonds. The van der Waals surface area contributed by atoms with Crippen LogP contribution in [0.4, 0.5) is 5.13 Å². The maximum absolute atomic E-state index is 12.9. The zero-order valence-corrected chi connectivity index (χ0v) is 17.5. The molecule has 0 spiro atoms. The van der Waals surface area contributed by atoms with Gasteiger partial charge in [0, 0.05) is 17.8 Å². The Morgan fingerprint density at radius 3 is 2.66 bits per heavy atom. The Bertz CT molecular complexity index is 1080. The maximum Gasteiger partial charge on any atom is 0.274 e. The number of aromatic nitrogens is 4. The Hall–Kier alpha value is -2.61. The third-order valence-electron chi connectivity index (χ3n) is 5.62. The van der Waals surface area contributed by atoms with Gasteiger partial charge >= 0.3 is 0 Å². The first-order valence-electron chi connectivity index (χ1n) is 10.2. The summed E-state index contributed by atoms with van der Waals surface area (Å²) in [6.07, 6.45) is 6.04. The number of nitrogens with one attached hydrogen (secondary N) is 1. The average Bonchev–Trinajstić information content (AvgIpc) is 3.23. The van der Waals surface area contributed by atoms with Gasteiger partial charge in [-0.2, -0.15) is 5.10 Å². The molecular weight excluding hydrogens is 386 g/mol. The Kier molecular flexibility index (Phi) is 5.71. The standard InChI is InChI=1S/C21H25N5O2S/c1-3-26-20(28)16-12-8-7-11-15(16)17(25-26)13(2)18(27)22-21-24-23-19(29-21)14-9-5-4-6-10-14/h7-8,11-14H,3-6,9-10H2,1-2H3,(H,22,24,27)/t13-/m0/s1. The van der Waals surface area contributed by atoms with Crippen molar-refractivity contribution in [2.24, 2.45) is 0 Å². The van der Waals surface area contributed by atoms with Crippen LogP contribution in [-0.2, 0) is 11.3 Å². The Morgan fingerprint density at radius 2 is 1.93 bits per heavy atom. The van der Waals surface area contributed by atoms with Crippen molar-refractivity contribution in [2.75, 3.05) is 5.32 Å². The predicted octanol–water partition coefficient (Wildman–Crippen LogP) is 4.06. The second-order valence-electron chi connectivity index (χ2n) is 7.54. The lowest BCUT2D eigenvalue weighted by atomic mass is 9.90. The number of hydrogen-bond acceptors (Lipinski definition) is 6. The molecule has 0 aliphatic heterocycles. The van der Waals surface area contributed by atoms with Crippen molar-refractivity contribution in [1.82, 2.24) is 20.0 Å².